The van der Waals surface area contributed by atoms with E-state index in [-0.39, 0.29) is 17.4 Å². The van der Waals surface area contributed by atoms with E-state index in [0.29, 0.717) is 17.4 Å². The molecule has 1 heterocycles. The molecule has 4 heteroatoms. The van der Waals surface area contributed by atoms with E-state index >= 15 is 0 Å². The van der Waals surface area contributed by atoms with Gasteiger partial charge < -0.3 is 5.11 Å². The zero-order valence-corrected chi connectivity index (χ0v) is 9.60. The first-order valence-electron chi connectivity index (χ1n) is 5.17. The third kappa shape index (κ3) is 1.16. The standard InChI is InChI=1S/C10H18O3S/c1-9(2)8(7-11)10(9)3-5-14(12,13)6-4-10/h8,11H,3-7H2,1-2H3. The van der Waals surface area contributed by atoms with Crippen molar-refractivity contribution < 1.29 is 13.5 Å². The molecule has 3 nitrogen and oxygen atoms in total. The van der Waals surface area contributed by atoms with Gasteiger partial charge in [0, 0.05) is 6.61 Å². The minimum atomic E-state index is -2.78. The van der Waals surface area contributed by atoms with Crippen LogP contribution in [-0.2, 0) is 9.84 Å². The molecule has 2 rings (SSSR count). The van der Waals surface area contributed by atoms with E-state index < -0.39 is 9.84 Å². The van der Waals surface area contributed by atoms with Crippen LogP contribution < -0.4 is 0 Å². The second kappa shape index (κ2) is 2.73. The Hall–Kier alpha value is -0.0900. The van der Waals surface area contributed by atoms with Crippen LogP contribution in [0.25, 0.3) is 0 Å². The minimum absolute atomic E-state index is 0.118. The molecule has 82 valence electrons. The molecule has 2 aliphatic rings. The predicted octanol–water partition coefficient (Wildman–Crippen LogP) is 0.830. The quantitative estimate of drug-likeness (QED) is 0.709. The Kier molecular flexibility index (Phi) is 2.03. The Morgan fingerprint density at radius 1 is 1.29 bits per heavy atom. The van der Waals surface area contributed by atoms with E-state index in [9.17, 15) is 13.5 Å². The van der Waals surface area contributed by atoms with Crippen LogP contribution in [0.4, 0.5) is 0 Å². The smallest absolute Gasteiger partial charge is 0.150 e. The number of sulfone groups is 1. The monoisotopic (exact) mass is 218 g/mol. The molecule has 1 saturated heterocycles. The maximum absolute atomic E-state index is 11.3. The van der Waals surface area contributed by atoms with Gasteiger partial charge in [0.25, 0.3) is 0 Å². The highest BCUT2D eigenvalue weighted by molar-refractivity contribution is 7.91. The average Bonchev–Trinajstić information content (AvgIpc) is 2.54. The van der Waals surface area contributed by atoms with Gasteiger partial charge in [-0.05, 0) is 29.6 Å². The topological polar surface area (TPSA) is 54.4 Å². The summed E-state index contributed by atoms with van der Waals surface area (Å²) in [6.45, 7) is 4.49. The molecule has 1 spiro atoms. The molecule has 1 aliphatic carbocycles. The van der Waals surface area contributed by atoms with Gasteiger partial charge in [-0.3, -0.25) is 0 Å². The summed E-state index contributed by atoms with van der Waals surface area (Å²) in [5.41, 5.74) is 0.255. The zero-order chi connectivity index (χ0) is 10.6. The lowest BCUT2D eigenvalue weighted by atomic mass is 9.90. The molecule has 0 aromatic heterocycles. The van der Waals surface area contributed by atoms with Crippen molar-refractivity contribution in [2.75, 3.05) is 18.1 Å². The van der Waals surface area contributed by atoms with Gasteiger partial charge in [0.2, 0.25) is 0 Å². The van der Waals surface area contributed by atoms with Crippen molar-refractivity contribution in [1.82, 2.24) is 0 Å². The Bertz CT molecular complexity index is 328. The van der Waals surface area contributed by atoms with Gasteiger partial charge in [0.1, 0.15) is 9.84 Å². The molecule has 0 aromatic carbocycles. The molecule has 0 bridgehead atoms. The summed E-state index contributed by atoms with van der Waals surface area (Å²) in [6, 6.07) is 0. The van der Waals surface area contributed by atoms with Crippen molar-refractivity contribution in [1.29, 1.82) is 0 Å². The zero-order valence-electron chi connectivity index (χ0n) is 8.78. The molecule has 0 amide bonds. The second-order valence-electron chi connectivity index (χ2n) is 5.26. The van der Waals surface area contributed by atoms with Crippen molar-refractivity contribution in [2.45, 2.75) is 26.7 Å². The molecular weight excluding hydrogens is 200 g/mol. The van der Waals surface area contributed by atoms with Crippen molar-refractivity contribution in [3.8, 4) is 0 Å². The lowest BCUT2D eigenvalue weighted by Crippen LogP contribution is -2.27. The van der Waals surface area contributed by atoms with Crippen molar-refractivity contribution in [2.24, 2.45) is 16.7 Å². The van der Waals surface area contributed by atoms with E-state index in [1.165, 1.54) is 0 Å². The van der Waals surface area contributed by atoms with E-state index in [4.69, 9.17) is 0 Å². The summed E-state index contributed by atoms with van der Waals surface area (Å²) >= 11 is 0. The molecular formula is C10H18O3S. The Morgan fingerprint density at radius 2 is 1.79 bits per heavy atom. The highest BCUT2D eigenvalue weighted by Gasteiger charge is 2.70. The third-order valence-electron chi connectivity index (χ3n) is 4.64. The van der Waals surface area contributed by atoms with Gasteiger partial charge in [0.05, 0.1) is 11.5 Å². The molecule has 0 radical (unpaired) electrons. The van der Waals surface area contributed by atoms with Gasteiger partial charge in [-0.25, -0.2) is 8.42 Å². The number of rotatable bonds is 1. The van der Waals surface area contributed by atoms with E-state index in [1.807, 2.05) is 0 Å². The van der Waals surface area contributed by atoms with Crippen LogP contribution in [0, 0.1) is 16.7 Å². The van der Waals surface area contributed by atoms with Crippen LogP contribution in [0.1, 0.15) is 26.7 Å². The Morgan fingerprint density at radius 3 is 2.14 bits per heavy atom. The number of aliphatic hydroxyl groups is 1. The van der Waals surface area contributed by atoms with Gasteiger partial charge in [-0.1, -0.05) is 13.8 Å². The highest BCUT2D eigenvalue weighted by atomic mass is 32.2. The van der Waals surface area contributed by atoms with E-state index in [2.05, 4.69) is 13.8 Å². The molecule has 1 N–H and O–H groups in total. The third-order valence-corrected chi connectivity index (χ3v) is 6.29. The number of aliphatic hydroxyl groups excluding tert-OH is 1. The first-order chi connectivity index (χ1) is 6.36. The van der Waals surface area contributed by atoms with Gasteiger partial charge in [-0.15, -0.1) is 0 Å². The molecule has 1 unspecified atom stereocenters. The molecule has 1 aliphatic heterocycles. The molecule has 1 atom stereocenters. The number of hydrogen-bond acceptors (Lipinski definition) is 3. The van der Waals surface area contributed by atoms with E-state index in [1.54, 1.807) is 0 Å². The van der Waals surface area contributed by atoms with Crippen LogP contribution >= 0.6 is 0 Å². The van der Waals surface area contributed by atoms with Crippen molar-refractivity contribution in [3.63, 3.8) is 0 Å². The fraction of sp³-hybridized carbons (Fsp3) is 1.00. The SMILES string of the molecule is CC1(C)C(CO)C12CCS(=O)(=O)CC2. The summed E-state index contributed by atoms with van der Waals surface area (Å²) in [4.78, 5) is 0. The predicted molar refractivity (Wildman–Crippen MR) is 54.7 cm³/mol. The number of hydrogen-bond donors (Lipinski definition) is 1. The lowest BCUT2D eigenvalue weighted by molar-refractivity contribution is 0.241. The molecule has 1 saturated carbocycles. The Labute approximate surface area is 85.4 Å². The fourth-order valence-electron chi connectivity index (χ4n) is 3.36. The first-order valence-corrected chi connectivity index (χ1v) is 6.99. The maximum Gasteiger partial charge on any atom is 0.150 e. The Balaban J connectivity index is 2.16. The van der Waals surface area contributed by atoms with Gasteiger partial charge in [-0.2, -0.15) is 0 Å². The highest BCUT2D eigenvalue weighted by Crippen LogP contribution is 2.73. The summed E-state index contributed by atoms with van der Waals surface area (Å²) in [6.07, 6.45) is 1.49. The minimum Gasteiger partial charge on any atom is -0.396 e. The normalized spacial score (nSPS) is 36.9. The molecule has 0 aromatic rings. The lowest BCUT2D eigenvalue weighted by Gasteiger charge is -2.25. The van der Waals surface area contributed by atoms with Crippen LogP contribution in [-0.4, -0.2) is 31.6 Å². The van der Waals surface area contributed by atoms with Gasteiger partial charge in [0.15, 0.2) is 0 Å². The largest absolute Gasteiger partial charge is 0.396 e. The fourth-order valence-corrected chi connectivity index (χ4v) is 4.91. The van der Waals surface area contributed by atoms with Crippen LogP contribution in [0.15, 0.2) is 0 Å². The van der Waals surface area contributed by atoms with Gasteiger partial charge >= 0.3 is 0 Å². The maximum atomic E-state index is 11.3. The van der Waals surface area contributed by atoms with Crippen LogP contribution in [0.5, 0.6) is 0 Å². The summed E-state index contributed by atoms with van der Waals surface area (Å²) in [7, 11) is -2.78. The van der Waals surface area contributed by atoms with E-state index in [0.717, 1.165) is 12.8 Å². The van der Waals surface area contributed by atoms with Crippen molar-refractivity contribution in [3.05, 3.63) is 0 Å². The van der Waals surface area contributed by atoms with Crippen molar-refractivity contribution >= 4 is 9.84 Å². The molecule has 2 fully saturated rings. The molecule has 14 heavy (non-hydrogen) atoms. The van der Waals surface area contributed by atoms with Crippen LogP contribution in [0.2, 0.25) is 0 Å². The summed E-state index contributed by atoms with van der Waals surface area (Å²) in [5.74, 6) is 0.936. The van der Waals surface area contributed by atoms with Crippen LogP contribution in [0.3, 0.4) is 0 Å². The second-order valence-corrected chi connectivity index (χ2v) is 7.57. The average molecular weight is 218 g/mol. The first kappa shape index (κ1) is 10.4. The summed E-state index contributed by atoms with van der Waals surface area (Å²) < 4.78 is 22.6. The summed E-state index contributed by atoms with van der Waals surface area (Å²) in [5, 5.41) is 9.24.